The minimum atomic E-state index is -5.04. The molecule has 1 N–H and O–H groups in total. The number of nitrogens with zero attached hydrogens (tertiary/aromatic N) is 4. The zero-order valence-corrected chi connectivity index (χ0v) is 20.1. The zero-order valence-electron chi connectivity index (χ0n) is 19.3. The predicted molar refractivity (Wildman–Crippen MR) is 121 cm³/mol. The zero-order chi connectivity index (χ0) is 26.8. The number of nitrogens with one attached hydrogen (secondary N) is 1. The Kier molecular flexibility index (Phi) is 7.18. The largest absolute Gasteiger partial charge is 0.493 e. The van der Waals surface area contributed by atoms with Crippen molar-refractivity contribution in [1.29, 1.82) is 0 Å². The van der Waals surface area contributed by atoms with Gasteiger partial charge >= 0.3 is 6.18 Å². The van der Waals surface area contributed by atoms with E-state index in [1.165, 1.54) is 24.8 Å². The molecule has 0 bridgehead atoms. The molecule has 196 valence electrons. The summed E-state index contributed by atoms with van der Waals surface area (Å²) in [5.41, 5.74) is -0.641. The molecule has 2 heterocycles. The van der Waals surface area contributed by atoms with Crippen LogP contribution < -0.4 is 18.9 Å². The van der Waals surface area contributed by atoms with Gasteiger partial charge in [0.05, 0.1) is 24.7 Å². The average Bonchev–Trinajstić information content (AvgIpc) is 3.29. The van der Waals surface area contributed by atoms with Crippen LogP contribution in [0.15, 0.2) is 53.4 Å². The van der Waals surface area contributed by atoms with E-state index in [1.54, 1.807) is 24.3 Å². The third-order valence-electron chi connectivity index (χ3n) is 5.08. The van der Waals surface area contributed by atoms with Crippen molar-refractivity contribution in [3.05, 3.63) is 59.9 Å². The van der Waals surface area contributed by atoms with E-state index in [2.05, 4.69) is 20.0 Å². The molecule has 2 aromatic carbocycles. The lowest BCUT2D eigenvalue weighted by Crippen LogP contribution is -2.28. The summed E-state index contributed by atoms with van der Waals surface area (Å²) in [5.74, 6) is -0.0966. The molecule has 2 aromatic heterocycles. The monoisotopic (exact) mass is 541 g/mol. The smallest absolute Gasteiger partial charge is 0.419 e. The highest BCUT2D eigenvalue weighted by molar-refractivity contribution is 7.89. The summed E-state index contributed by atoms with van der Waals surface area (Å²) in [6.07, 6.45) is -5.04. The van der Waals surface area contributed by atoms with Gasteiger partial charge < -0.3 is 14.2 Å². The lowest BCUT2D eigenvalue weighted by Gasteiger charge is -2.12. The number of hydrogen-bond acceptors (Lipinski definition) is 8. The summed E-state index contributed by atoms with van der Waals surface area (Å²) in [7, 11) is -1.36. The molecule has 0 aliphatic rings. The van der Waals surface area contributed by atoms with E-state index < -0.39 is 32.5 Å². The van der Waals surface area contributed by atoms with Crippen molar-refractivity contribution in [3.63, 3.8) is 0 Å². The van der Waals surface area contributed by atoms with E-state index in [0.29, 0.717) is 34.6 Å². The number of fused-ring (bicyclic) bond motifs is 1. The van der Waals surface area contributed by atoms with E-state index in [-0.39, 0.29) is 25.1 Å². The molecule has 0 spiro atoms. The first-order chi connectivity index (χ1) is 17.5. The molecule has 37 heavy (non-hydrogen) atoms. The van der Waals surface area contributed by atoms with Crippen LogP contribution in [0.25, 0.3) is 17.0 Å². The van der Waals surface area contributed by atoms with Gasteiger partial charge in [-0.1, -0.05) is 0 Å². The second-order valence-electron chi connectivity index (χ2n) is 7.42. The van der Waals surface area contributed by atoms with Gasteiger partial charge in [0, 0.05) is 18.2 Å². The number of halogens is 4. The number of alkyl halides is 3. The van der Waals surface area contributed by atoms with Crippen molar-refractivity contribution >= 4 is 15.7 Å². The summed E-state index contributed by atoms with van der Waals surface area (Å²) in [6.45, 7) is -0.510. The molecule has 0 aliphatic carbocycles. The standard InChI is InChI=1S/C22H19F4N5O5S/c1-34-17-6-3-13(11-18(17)35-2)21-29-28-19-7-8-20(30-31(19)21)36-10-9-27-37(32,33)14-4-5-16(23)15(12-14)22(24,25)26/h3-8,11-12,27H,9-10H2,1-2H3. The van der Waals surface area contributed by atoms with E-state index >= 15 is 0 Å². The quantitative estimate of drug-likeness (QED) is 0.253. The van der Waals surface area contributed by atoms with Crippen molar-refractivity contribution in [3.8, 4) is 28.8 Å². The Bertz CT molecular complexity index is 1540. The molecular formula is C22H19F4N5O5S. The summed E-state index contributed by atoms with van der Waals surface area (Å²) >= 11 is 0. The Balaban J connectivity index is 1.46. The molecule has 0 aliphatic heterocycles. The number of hydrogen-bond donors (Lipinski definition) is 1. The van der Waals surface area contributed by atoms with Crippen LogP contribution in [0.1, 0.15) is 5.56 Å². The average molecular weight is 541 g/mol. The second-order valence-corrected chi connectivity index (χ2v) is 9.19. The fraction of sp³-hybridized carbons (Fsp3) is 0.227. The molecule has 10 nitrogen and oxygen atoms in total. The first-order valence-corrected chi connectivity index (χ1v) is 12.0. The van der Waals surface area contributed by atoms with Crippen LogP contribution in [0.3, 0.4) is 0 Å². The highest BCUT2D eigenvalue weighted by atomic mass is 32.2. The Morgan fingerprint density at radius 2 is 1.73 bits per heavy atom. The third-order valence-corrected chi connectivity index (χ3v) is 6.54. The lowest BCUT2D eigenvalue weighted by atomic mass is 10.2. The van der Waals surface area contributed by atoms with Gasteiger partial charge in [0.15, 0.2) is 23.0 Å². The fourth-order valence-electron chi connectivity index (χ4n) is 3.31. The van der Waals surface area contributed by atoms with Gasteiger partial charge in [-0.2, -0.15) is 17.7 Å². The molecular weight excluding hydrogens is 522 g/mol. The first kappa shape index (κ1) is 26.1. The molecule has 0 radical (unpaired) electrons. The summed E-state index contributed by atoms with van der Waals surface area (Å²) < 4.78 is 96.4. The van der Waals surface area contributed by atoms with Crippen LogP contribution in [0, 0.1) is 5.82 Å². The maximum Gasteiger partial charge on any atom is 0.419 e. The number of ether oxygens (including phenoxy) is 3. The molecule has 4 aromatic rings. The van der Waals surface area contributed by atoms with Gasteiger partial charge in [0.25, 0.3) is 0 Å². The van der Waals surface area contributed by atoms with Crippen LogP contribution in [0.4, 0.5) is 17.6 Å². The van der Waals surface area contributed by atoms with Gasteiger partial charge in [0.1, 0.15) is 12.4 Å². The number of benzene rings is 2. The van der Waals surface area contributed by atoms with E-state index in [0.717, 1.165) is 6.07 Å². The van der Waals surface area contributed by atoms with Gasteiger partial charge in [-0.05, 0) is 42.5 Å². The SMILES string of the molecule is COc1ccc(-c2nnc3ccc(OCCNS(=O)(=O)c4ccc(F)c(C(F)(F)F)c4)nn23)cc1OC. The Hall–Kier alpha value is -3.98. The van der Waals surface area contributed by atoms with Crippen molar-refractivity contribution in [2.45, 2.75) is 11.1 Å². The van der Waals surface area contributed by atoms with Gasteiger partial charge in [-0.25, -0.2) is 17.5 Å². The molecule has 0 amide bonds. The minimum Gasteiger partial charge on any atom is -0.493 e. The molecule has 0 saturated carbocycles. The normalized spacial score (nSPS) is 12.1. The third kappa shape index (κ3) is 5.56. The van der Waals surface area contributed by atoms with Crippen LogP contribution >= 0.6 is 0 Å². The molecule has 0 unspecified atom stereocenters. The Labute approximate surface area is 207 Å². The summed E-state index contributed by atoms with van der Waals surface area (Å²) in [6, 6.07) is 9.62. The first-order valence-electron chi connectivity index (χ1n) is 10.5. The van der Waals surface area contributed by atoms with Crippen molar-refractivity contribution < 1.29 is 40.2 Å². The number of methoxy groups -OCH3 is 2. The maximum absolute atomic E-state index is 13.5. The molecule has 15 heteroatoms. The molecule has 0 saturated heterocycles. The fourth-order valence-corrected chi connectivity index (χ4v) is 4.35. The van der Waals surface area contributed by atoms with Crippen molar-refractivity contribution in [2.75, 3.05) is 27.4 Å². The maximum atomic E-state index is 13.5. The lowest BCUT2D eigenvalue weighted by molar-refractivity contribution is -0.140. The van der Waals surface area contributed by atoms with Gasteiger partial charge in [-0.3, -0.25) is 0 Å². The van der Waals surface area contributed by atoms with E-state index in [4.69, 9.17) is 14.2 Å². The number of rotatable bonds is 9. The van der Waals surface area contributed by atoms with E-state index in [9.17, 15) is 26.0 Å². The van der Waals surface area contributed by atoms with Crippen molar-refractivity contribution in [1.82, 2.24) is 24.5 Å². The molecule has 0 fully saturated rings. The Morgan fingerprint density at radius 3 is 2.43 bits per heavy atom. The highest BCUT2D eigenvalue weighted by Gasteiger charge is 2.35. The predicted octanol–water partition coefficient (Wildman–Crippen LogP) is 3.32. The molecule has 4 rings (SSSR count). The van der Waals surface area contributed by atoms with Crippen molar-refractivity contribution in [2.24, 2.45) is 0 Å². The van der Waals surface area contributed by atoms with Gasteiger partial charge in [-0.15, -0.1) is 15.3 Å². The minimum absolute atomic E-state index is 0.106. The number of sulfonamides is 1. The topological polar surface area (TPSA) is 117 Å². The number of aromatic nitrogens is 4. The van der Waals surface area contributed by atoms with E-state index in [1.807, 2.05) is 0 Å². The summed E-state index contributed by atoms with van der Waals surface area (Å²) in [4.78, 5) is -0.732. The summed E-state index contributed by atoms with van der Waals surface area (Å²) in [5, 5.41) is 12.5. The van der Waals surface area contributed by atoms with Crippen LogP contribution in [0.5, 0.6) is 17.4 Å². The highest BCUT2D eigenvalue weighted by Crippen LogP contribution is 2.33. The Morgan fingerprint density at radius 1 is 0.973 bits per heavy atom. The second kappa shape index (κ2) is 10.2. The van der Waals surface area contributed by atoms with Gasteiger partial charge in [0.2, 0.25) is 15.9 Å². The molecule has 0 atom stereocenters. The van der Waals surface area contributed by atoms with Crippen LogP contribution in [-0.4, -0.2) is 55.6 Å². The van der Waals surface area contributed by atoms with Crippen LogP contribution in [0.2, 0.25) is 0 Å². The van der Waals surface area contributed by atoms with Crippen LogP contribution in [-0.2, 0) is 16.2 Å².